The summed E-state index contributed by atoms with van der Waals surface area (Å²) < 4.78 is 10.1. The molecule has 0 aromatic carbocycles. The van der Waals surface area contributed by atoms with Gasteiger partial charge in [0.15, 0.2) is 5.69 Å². The van der Waals surface area contributed by atoms with Gasteiger partial charge >= 0.3 is 5.97 Å². The SMILES string of the molecule is CC(C)(C)OC(=O)CSCc1cc(C(=O)NN)no1. The van der Waals surface area contributed by atoms with E-state index in [2.05, 4.69) is 5.16 Å². The van der Waals surface area contributed by atoms with Crippen molar-refractivity contribution in [3.8, 4) is 0 Å². The van der Waals surface area contributed by atoms with Crippen LogP contribution in [0.15, 0.2) is 10.6 Å². The minimum Gasteiger partial charge on any atom is -0.459 e. The Morgan fingerprint density at radius 1 is 1.53 bits per heavy atom. The van der Waals surface area contributed by atoms with Crippen LogP contribution < -0.4 is 11.3 Å². The van der Waals surface area contributed by atoms with E-state index >= 15 is 0 Å². The first-order valence-electron chi connectivity index (χ1n) is 5.58. The van der Waals surface area contributed by atoms with E-state index in [1.807, 2.05) is 26.2 Å². The molecule has 0 saturated heterocycles. The molecule has 0 fully saturated rings. The van der Waals surface area contributed by atoms with Gasteiger partial charge in [-0.2, -0.15) is 0 Å². The van der Waals surface area contributed by atoms with Crippen molar-refractivity contribution in [3.63, 3.8) is 0 Å². The summed E-state index contributed by atoms with van der Waals surface area (Å²) in [5, 5.41) is 3.55. The lowest BCUT2D eigenvalue weighted by Crippen LogP contribution is -2.30. The number of hydrogen-bond acceptors (Lipinski definition) is 7. The third kappa shape index (κ3) is 5.75. The van der Waals surface area contributed by atoms with Crippen LogP contribution in [0, 0.1) is 0 Å². The van der Waals surface area contributed by atoms with Crippen LogP contribution in [0.25, 0.3) is 0 Å². The van der Waals surface area contributed by atoms with Gasteiger partial charge in [0.05, 0.1) is 11.5 Å². The predicted octanol–water partition coefficient (Wildman–Crippen LogP) is 0.853. The van der Waals surface area contributed by atoms with E-state index < -0.39 is 11.5 Å². The molecule has 0 bridgehead atoms. The van der Waals surface area contributed by atoms with Gasteiger partial charge in [-0.15, -0.1) is 11.8 Å². The Bertz CT molecular complexity index is 453. The lowest BCUT2D eigenvalue weighted by atomic mass is 10.2. The molecular weight excluding hydrogens is 270 g/mol. The summed E-state index contributed by atoms with van der Waals surface area (Å²) in [4.78, 5) is 22.6. The van der Waals surface area contributed by atoms with Crippen molar-refractivity contribution < 1.29 is 18.8 Å². The van der Waals surface area contributed by atoms with Crippen molar-refractivity contribution in [1.82, 2.24) is 10.6 Å². The second-order valence-electron chi connectivity index (χ2n) is 4.73. The minimum absolute atomic E-state index is 0.107. The molecule has 1 aromatic heterocycles. The molecule has 0 unspecified atom stereocenters. The van der Waals surface area contributed by atoms with Gasteiger partial charge in [-0.25, -0.2) is 5.84 Å². The number of hydrazine groups is 1. The number of thioether (sulfide) groups is 1. The van der Waals surface area contributed by atoms with E-state index in [9.17, 15) is 9.59 Å². The van der Waals surface area contributed by atoms with Gasteiger partial charge < -0.3 is 9.26 Å². The molecule has 0 radical (unpaired) electrons. The maximum absolute atomic E-state index is 11.4. The Labute approximate surface area is 115 Å². The van der Waals surface area contributed by atoms with Gasteiger partial charge in [0.1, 0.15) is 11.4 Å². The molecule has 0 saturated carbocycles. The van der Waals surface area contributed by atoms with Crippen molar-refractivity contribution in [1.29, 1.82) is 0 Å². The zero-order valence-electron chi connectivity index (χ0n) is 11.1. The van der Waals surface area contributed by atoms with Crippen molar-refractivity contribution in [2.75, 3.05) is 5.75 Å². The van der Waals surface area contributed by atoms with Crippen molar-refractivity contribution in [3.05, 3.63) is 17.5 Å². The maximum Gasteiger partial charge on any atom is 0.316 e. The smallest absolute Gasteiger partial charge is 0.316 e. The third-order valence-corrected chi connectivity index (χ3v) is 2.74. The second-order valence-corrected chi connectivity index (χ2v) is 5.72. The summed E-state index contributed by atoms with van der Waals surface area (Å²) in [6.07, 6.45) is 0. The van der Waals surface area contributed by atoms with Crippen LogP contribution in [0.2, 0.25) is 0 Å². The van der Waals surface area contributed by atoms with Gasteiger partial charge in [-0.1, -0.05) is 5.16 Å². The zero-order valence-corrected chi connectivity index (χ0v) is 11.9. The predicted molar refractivity (Wildman–Crippen MR) is 70.2 cm³/mol. The largest absolute Gasteiger partial charge is 0.459 e. The number of nitrogens with two attached hydrogens (primary N) is 1. The summed E-state index contributed by atoms with van der Waals surface area (Å²) in [6.45, 7) is 5.43. The Balaban J connectivity index is 2.35. The standard InChI is InChI=1S/C11H17N3O4S/c1-11(2,3)17-9(15)6-19-5-7-4-8(14-18-7)10(16)13-12/h4H,5-6,12H2,1-3H3,(H,13,16). The molecule has 0 atom stereocenters. The number of hydrogen-bond donors (Lipinski definition) is 2. The molecule has 1 heterocycles. The van der Waals surface area contributed by atoms with Crippen molar-refractivity contribution in [2.24, 2.45) is 5.84 Å². The number of esters is 1. The monoisotopic (exact) mass is 287 g/mol. The normalized spacial score (nSPS) is 11.2. The number of carbonyl (C=O) groups is 2. The number of ether oxygens (including phenoxy) is 1. The number of aromatic nitrogens is 1. The molecule has 0 aliphatic carbocycles. The van der Waals surface area contributed by atoms with Gasteiger partial charge in [0.2, 0.25) is 0 Å². The van der Waals surface area contributed by atoms with Crippen LogP contribution in [-0.2, 0) is 15.3 Å². The summed E-state index contributed by atoms with van der Waals surface area (Å²) >= 11 is 1.32. The van der Waals surface area contributed by atoms with Gasteiger partial charge in [-0.05, 0) is 20.8 Å². The fourth-order valence-electron chi connectivity index (χ4n) is 1.17. The van der Waals surface area contributed by atoms with E-state index in [1.54, 1.807) is 0 Å². The van der Waals surface area contributed by atoms with Crippen LogP contribution in [0.3, 0.4) is 0 Å². The molecule has 19 heavy (non-hydrogen) atoms. The lowest BCUT2D eigenvalue weighted by molar-refractivity contribution is -0.151. The van der Waals surface area contributed by atoms with E-state index in [-0.39, 0.29) is 17.4 Å². The number of rotatable bonds is 5. The highest BCUT2D eigenvalue weighted by molar-refractivity contribution is 7.99. The number of nitrogens with zero attached hydrogens (tertiary/aromatic N) is 1. The van der Waals surface area contributed by atoms with E-state index in [0.29, 0.717) is 11.5 Å². The minimum atomic E-state index is -0.521. The molecule has 1 amide bonds. The molecule has 8 heteroatoms. The Kier molecular flexibility index (Phi) is 5.37. The quantitative estimate of drug-likeness (QED) is 0.358. The lowest BCUT2D eigenvalue weighted by Gasteiger charge is -2.19. The molecule has 0 aliphatic rings. The highest BCUT2D eigenvalue weighted by Gasteiger charge is 2.16. The van der Waals surface area contributed by atoms with Gasteiger partial charge in [0.25, 0.3) is 5.91 Å². The summed E-state index contributed by atoms with van der Waals surface area (Å²) in [7, 11) is 0. The molecule has 106 valence electrons. The van der Waals surface area contributed by atoms with Crippen molar-refractivity contribution in [2.45, 2.75) is 32.1 Å². The van der Waals surface area contributed by atoms with Crippen LogP contribution in [0.1, 0.15) is 37.0 Å². The molecule has 0 spiro atoms. The highest BCUT2D eigenvalue weighted by Crippen LogP contribution is 2.15. The van der Waals surface area contributed by atoms with E-state index in [4.69, 9.17) is 15.1 Å². The van der Waals surface area contributed by atoms with Crippen LogP contribution >= 0.6 is 11.8 Å². The molecule has 0 aliphatic heterocycles. The second kappa shape index (κ2) is 6.58. The summed E-state index contributed by atoms with van der Waals surface area (Å²) in [6, 6.07) is 1.48. The van der Waals surface area contributed by atoms with Crippen LogP contribution in [-0.4, -0.2) is 28.4 Å². The average molecular weight is 287 g/mol. The van der Waals surface area contributed by atoms with E-state index in [0.717, 1.165) is 0 Å². The molecule has 1 aromatic rings. The zero-order chi connectivity index (χ0) is 14.5. The number of nitrogen functional groups attached to an aromatic ring is 1. The van der Waals surface area contributed by atoms with E-state index in [1.165, 1.54) is 17.8 Å². The third-order valence-electron chi connectivity index (χ3n) is 1.81. The molecule has 1 rings (SSSR count). The number of carbonyl (C=O) groups excluding carboxylic acids is 2. The Morgan fingerprint density at radius 3 is 2.79 bits per heavy atom. The maximum atomic E-state index is 11.4. The van der Waals surface area contributed by atoms with Crippen molar-refractivity contribution >= 4 is 23.6 Å². The number of nitrogens with one attached hydrogen (secondary N) is 1. The first kappa shape index (κ1) is 15.5. The van der Waals surface area contributed by atoms with Crippen LogP contribution in [0.4, 0.5) is 0 Å². The first-order valence-corrected chi connectivity index (χ1v) is 6.73. The topological polar surface area (TPSA) is 107 Å². The summed E-state index contributed by atoms with van der Waals surface area (Å²) in [5.41, 5.74) is 1.57. The Hall–Kier alpha value is -1.54. The average Bonchev–Trinajstić information content (AvgIpc) is 2.74. The van der Waals surface area contributed by atoms with Crippen LogP contribution in [0.5, 0.6) is 0 Å². The Morgan fingerprint density at radius 2 is 2.21 bits per heavy atom. The molecule has 7 nitrogen and oxygen atoms in total. The highest BCUT2D eigenvalue weighted by atomic mass is 32.2. The first-order chi connectivity index (χ1) is 8.81. The molecule has 3 N–H and O–H groups in total. The number of amides is 1. The fourth-order valence-corrected chi connectivity index (χ4v) is 1.83. The fraction of sp³-hybridized carbons (Fsp3) is 0.545. The van der Waals surface area contributed by atoms with Gasteiger partial charge in [-0.3, -0.25) is 15.0 Å². The summed E-state index contributed by atoms with van der Waals surface area (Å²) in [5.74, 6) is 5.27. The molecular formula is C11H17N3O4S. The van der Waals surface area contributed by atoms with Gasteiger partial charge in [0, 0.05) is 6.07 Å².